The first-order chi connectivity index (χ1) is 16.1. The Morgan fingerprint density at radius 3 is 2.21 bits per heavy atom. The van der Waals surface area contributed by atoms with Gasteiger partial charge in [-0.05, 0) is 61.0 Å². The average Bonchev–Trinajstić information content (AvgIpc) is 2.86. The molecule has 0 unspecified atom stereocenters. The number of hydrogen-bond acceptors (Lipinski definition) is 5. The zero-order chi connectivity index (χ0) is 23.3. The lowest BCUT2D eigenvalue weighted by Crippen LogP contribution is -2.23. The molecule has 7 nitrogen and oxygen atoms in total. The Bertz CT molecular complexity index is 1010. The molecule has 3 aromatic rings. The van der Waals surface area contributed by atoms with Gasteiger partial charge < -0.3 is 25.4 Å². The second-order valence-electron chi connectivity index (χ2n) is 7.22. The Labute approximate surface area is 194 Å². The van der Waals surface area contributed by atoms with E-state index in [1.807, 2.05) is 61.5 Å². The number of nitrogens with one attached hydrogen (secondary N) is 3. The van der Waals surface area contributed by atoms with Crippen molar-refractivity contribution in [3.05, 3.63) is 90.0 Å². The number of amides is 2. The van der Waals surface area contributed by atoms with Crippen LogP contribution < -0.4 is 20.7 Å². The number of carbonyl (C=O) groups excluding carboxylic acids is 2. The smallest absolute Gasteiger partial charge is 0.251 e. The zero-order valence-electron chi connectivity index (χ0n) is 18.7. The molecule has 0 saturated carbocycles. The fourth-order valence-corrected chi connectivity index (χ4v) is 3.00. The maximum absolute atomic E-state index is 12.3. The predicted molar refractivity (Wildman–Crippen MR) is 130 cm³/mol. The Morgan fingerprint density at radius 1 is 0.818 bits per heavy atom. The van der Waals surface area contributed by atoms with Crippen LogP contribution in [-0.2, 0) is 16.1 Å². The number of rotatable bonds is 12. The lowest BCUT2D eigenvalue weighted by atomic mass is 10.1. The van der Waals surface area contributed by atoms with Crippen molar-refractivity contribution >= 4 is 23.2 Å². The van der Waals surface area contributed by atoms with E-state index in [9.17, 15) is 9.59 Å². The number of anilines is 2. The van der Waals surface area contributed by atoms with Crippen LogP contribution >= 0.6 is 0 Å². The molecule has 0 saturated heterocycles. The van der Waals surface area contributed by atoms with Gasteiger partial charge in [0.05, 0.1) is 13.2 Å². The van der Waals surface area contributed by atoms with Crippen LogP contribution in [0.4, 0.5) is 11.4 Å². The molecule has 0 spiro atoms. The summed E-state index contributed by atoms with van der Waals surface area (Å²) in [5.74, 6) is 0.398. The third-order valence-corrected chi connectivity index (χ3v) is 4.73. The largest absolute Gasteiger partial charge is 0.491 e. The molecule has 0 fully saturated rings. The minimum atomic E-state index is -0.187. The van der Waals surface area contributed by atoms with Crippen LogP contribution in [0.2, 0.25) is 0 Å². The quantitative estimate of drug-likeness (QED) is 0.364. The standard InChI is InChI=1S/C26H29N3O4/c1-2-32-16-17-33-24-14-12-22(13-15-24)27-19-25(30)29-23-10-8-21(9-11-23)26(31)28-18-20-6-4-3-5-7-20/h3-15,27H,2,16-19H2,1H3,(H,28,31)(H,29,30). The molecule has 0 aliphatic heterocycles. The molecule has 3 N–H and O–H groups in total. The molecule has 0 aliphatic rings. The number of carbonyl (C=O) groups is 2. The highest BCUT2D eigenvalue weighted by Crippen LogP contribution is 2.16. The highest BCUT2D eigenvalue weighted by Gasteiger charge is 2.07. The van der Waals surface area contributed by atoms with Crippen molar-refractivity contribution in [1.29, 1.82) is 0 Å². The maximum atomic E-state index is 12.3. The molecule has 3 aromatic carbocycles. The lowest BCUT2D eigenvalue weighted by molar-refractivity contribution is -0.114. The second kappa shape index (κ2) is 12.9. The highest BCUT2D eigenvalue weighted by molar-refractivity contribution is 5.96. The van der Waals surface area contributed by atoms with Gasteiger partial charge in [0.15, 0.2) is 0 Å². The van der Waals surface area contributed by atoms with Crippen LogP contribution in [0.3, 0.4) is 0 Å². The third kappa shape index (κ3) is 8.31. The summed E-state index contributed by atoms with van der Waals surface area (Å²) in [6.07, 6.45) is 0. The van der Waals surface area contributed by atoms with Crippen LogP contribution in [-0.4, -0.2) is 38.2 Å². The fourth-order valence-electron chi connectivity index (χ4n) is 3.00. The van der Waals surface area contributed by atoms with Crippen molar-refractivity contribution in [2.75, 3.05) is 37.0 Å². The molecule has 0 aliphatic carbocycles. The van der Waals surface area contributed by atoms with E-state index in [-0.39, 0.29) is 18.4 Å². The highest BCUT2D eigenvalue weighted by atomic mass is 16.5. The van der Waals surface area contributed by atoms with E-state index < -0.39 is 0 Å². The third-order valence-electron chi connectivity index (χ3n) is 4.73. The van der Waals surface area contributed by atoms with Crippen LogP contribution in [0.5, 0.6) is 5.75 Å². The van der Waals surface area contributed by atoms with E-state index in [0.29, 0.717) is 37.6 Å². The van der Waals surface area contributed by atoms with Gasteiger partial charge in [0.1, 0.15) is 12.4 Å². The van der Waals surface area contributed by atoms with Crippen molar-refractivity contribution in [2.45, 2.75) is 13.5 Å². The fraction of sp³-hybridized carbons (Fsp3) is 0.231. The maximum Gasteiger partial charge on any atom is 0.251 e. The number of ether oxygens (including phenoxy) is 2. The van der Waals surface area contributed by atoms with Gasteiger partial charge in [-0.1, -0.05) is 30.3 Å². The van der Waals surface area contributed by atoms with Crippen molar-refractivity contribution < 1.29 is 19.1 Å². The summed E-state index contributed by atoms with van der Waals surface area (Å²) in [4.78, 5) is 24.5. The molecular weight excluding hydrogens is 418 g/mol. The molecule has 0 heterocycles. The Hall–Kier alpha value is -3.84. The lowest BCUT2D eigenvalue weighted by Gasteiger charge is -2.10. The molecule has 0 atom stereocenters. The average molecular weight is 448 g/mol. The Balaban J connectivity index is 1.39. The van der Waals surface area contributed by atoms with Gasteiger partial charge >= 0.3 is 0 Å². The first-order valence-corrected chi connectivity index (χ1v) is 10.9. The van der Waals surface area contributed by atoms with Gasteiger partial charge in [-0.3, -0.25) is 9.59 Å². The molecule has 172 valence electrons. The van der Waals surface area contributed by atoms with Gasteiger partial charge in [-0.25, -0.2) is 0 Å². The van der Waals surface area contributed by atoms with Gasteiger partial charge in [0, 0.05) is 30.1 Å². The predicted octanol–water partition coefficient (Wildman–Crippen LogP) is 4.08. The summed E-state index contributed by atoms with van der Waals surface area (Å²) >= 11 is 0. The van der Waals surface area contributed by atoms with Crippen molar-refractivity contribution in [3.63, 3.8) is 0 Å². The minimum Gasteiger partial charge on any atom is -0.491 e. The second-order valence-corrected chi connectivity index (χ2v) is 7.22. The molecule has 0 aromatic heterocycles. The minimum absolute atomic E-state index is 0.115. The normalized spacial score (nSPS) is 10.3. The van der Waals surface area contributed by atoms with Crippen LogP contribution in [0.15, 0.2) is 78.9 Å². The van der Waals surface area contributed by atoms with E-state index in [0.717, 1.165) is 17.0 Å². The first kappa shape index (κ1) is 23.8. The summed E-state index contributed by atoms with van der Waals surface area (Å²) in [5, 5.41) is 8.77. The van der Waals surface area contributed by atoms with E-state index in [1.165, 1.54) is 0 Å². The van der Waals surface area contributed by atoms with E-state index in [2.05, 4.69) is 16.0 Å². The number of hydrogen-bond donors (Lipinski definition) is 3. The van der Waals surface area contributed by atoms with Crippen LogP contribution in [0, 0.1) is 0 Å². The summed E-state index contributed by atoms with van der Waals surface area (Å²) in [5.41, 5.74) is 3.00. The van der Waals surface area contributed by atoms with Gasteiger partial charge in [-0.15, -0.1) is 0 Å². The summed E-state index contributed by atoms with van der Waals surface area (Å²) < 4.78 is 10.8. The van der Waals surface area contributed by atoms with E-state index in [1.54, 1.807) is 24.3 Å². The SMILES string of the molecule is CCOCCOc1ccc(NCC(=O)Nc2ccc(C(=O)NCc3ccccc3)cc2)cc1. The molecule has 7 heteroatoms. The Morgan fingerprint density at radius 2 is 1.52 bits per heavy atom. The van der Waals surface area contributed by atoms with Crippen LogP contribution in [0.1, 0.15) is 22.8 Å². The monoisotopic (exact) mass is 447 g/mol. The summed E-state index contributed by atoms with van der Waals surface area (Å²) in [6.45, 7) is 4.24. The van der Waals surface area contributed by atoms with Gasteiger partial charge in [-0.2, -0.15) is 0 Å². The molecule has 0 radical (unpaired) electrons. The van der Waals surface area contributed by atoms with E-state index in [4.69, 9.17) is 9.47 Å². The topological polar surface area (TPSA) is 88.7 Å². The van der Waals surface area contributed by atoms with Crippen molar-refractivity contribution in [2.24, 2.45) is 0 Å². The van der Waals surface area contributed by atoms with Crippen LogP contribution in [0.25, 0.3) is 0 Å². The molecule has 2 amide bonds. The first-order valence-electron chi connectivity index (χ1n) is 10.9. The van der Waals surface area contributed by atoms with E-state index >= 15 is 0 Å². The Kier molecular flexibility index (Phi) is 9.29. The van der Waals surface area contributed by atoms with Crippen molar-refractivity contribution in [3.8, 4) is 5.75 Å². The zero-order valence-corrected chi connectivity index (χ0v) is 18.7. The summed E-state index contributed by atoms with van der Waals surface area (Å²) in [7, 11) is 0. The number of benzene rings is 3. The molecule has 0 bridgehead atoms. The molecule has 3 rings (SSSR count). The summed E-state index contributed by atoms with van der Waals surface area (Å²) in [6, 6.07) is 23.9. The van der Waals surface area contributed by atoms with Gasteiger partial charge in [0.25, 0.3) is 5.91 Å². The molecular formula is C26H29N3O4. The van der Waals surface area contributed by atoms with Gasteiger partial charge in [0.2, 0.25) is 5.91 Å². The van der Waals surface area contributed by atoms with Crippen molar-refractivity contribution in [1.82, 2.24) is 5.32 Å². The molecule has 33 heavy (non-hydrogen) atoms.